The van der Waals surface area contributed by atoms with Crippen LogP contribution in [0.3, 0.4) is 0 Å². The third-order valence-corrected chi connectivity index (χ3v) is 5.82. The lowest BCUT2D eigenvalue weighted by molar-refractivity contribution is -0.0180. The van der Waals surface area contributed by atoms with Crippen LogP contribution in [-0.4, -0.2) is 65.8 Å². The van der Waals surface area contributed by atoms with Crippen LogP contribution in [0.1, 0.15) is 59.3 Å². The van der Waals surface area contributed by atoms with Crippen molar-refractivity contribution in [2.24, 2.45) is 0 Å². The van der Waals surface area contributed by atoms with Crippen LogP contribution in [0.25, 0.3) is 0 Å². The van der Waals surface area contributed by atoms with Crippen molar-refractivity contribution in [2.75, 3.05) is 26.7 Å². The van der Waals surface area contributed by atoms with E-state index in [-0.39, 0.29) is 11.6 Å². The molecule has 3 aliphatic rings. The smallest absolute Gasteiger partial charge is 0.410 e. The number of carbonyl (C=O) groups excluding carboxylic acids is 1. The molecule has 5 nitrogen and oxygen atoms in total. The first-order valence-corrected chi connectivity index (χ1v) is 9.25. The van der Waals surface area contributed by atoms with Gasteiger partial charge in [-0.2, -0.15) is 0 Å². The van der Waals surface area contributed by atoms with Crippen molar-refractivity contribution in [1.82, 2.24) is 15.1 Å². The molecular formula is C18H33N3O2. The maximum atomic E-state index is 12.6. The number of rotatable bonds is 2. The largest absolute Gasteiger partial charge is 0.444 e. The van der Waals surface area contributed by atoms with Gasteiger partial charge in [0.1, 0.15) is 5.60 Å². The Labute approximate surface area is 140 Å². The SMILES string of the molecule is CN1CCC(NC2CCN(C(=O)OC(C)(C)C)C23CCC3)CC1. The average Bonchev–Trinajstić information content (AvgIpc) is 2.78. The molecule has 1 unspecified atom stereocenters. The quantitative estimate of drug-likeness (QED) is 0.848. The van der Waals surface area contributed by atoms with E-state index in [1.54, 1.807) is 0 Å². The van der Waals surface area contributed by atoms with Crippen LogP contribution in [0.15, 0.2) is 0 Å². The molecule has 0 aromatic rings. The Morgan fingerprint density at radius 3 is 2.30 bits per heavy atom. The minimum absolute atomic E-state index is 0.0195. The Balaban J connectivity index is 1.63. The second kappa shape index (κ2) is 6.25. The van der Waals surface area contributed by atoms with Crippen molar-refractivity contribution in [2.45, 2.75) is 82.5 Å². The fourth-order valence-corrected chi connectivity index (χ4v) is 4.38. The zero-order chi connectivity index (χ0) is 16.7. The highest BCUT2D eigenvalue weighted by Crippen LogP contribution is 2.46. The second-order valence-corrected chi connectivity index (χ2v) is 8.67. The van der Waals surface area contributed by atoms with E-state index < -0.39 is 5.60 Å². The number of nitrogens with zero attached hydrogens (tertiary/aromatic N) is 2. The predicted molar refractivity (Wildman–Crippen MR) is 91.6 cm³/mol. The second-order valence-electron chi connectivity index (χ2n) is 8.67. The summed E-state index contributed by atoms with van der Waals surface area (Å²) in [4.78, 5) is 17.1. The molecule has 1 atom stereocenters. The molecule has 1 spiro atoms. The third-order valence-electron chi connectivity index (χ3n) is 5.82. The van der Waals surface area contributed by atoms with Gasteiger partial charge in [0.15, 0.2) is 0 Å². The molecule has 3 rings (SSSR count). The van der Waals surface area contributed by atoms with E-state index in [9.17, 15) is 4.79 Å². The zero-order valence-corrected chi connectivity index (χ0v) is 15.2. The van der Waals surface area contributed by atoms with Crippen LogP contribution < -0.4 is 5.32 Å². The van der Waals surface area contributed by atoms with Gasteiger partial charge in [-0.15, -0.1) is 0 Å². The van der Waals surface area contributed by atoms with Crippen LogP contribution >= 0.6 is 0 Å². The van der Waals surface area contributed by atoms with Gasteiger partial charge < -0.3 is 19.9 Å². The van der Waals surface area contributed by atoms with E-state index in [0.29, 0.717) is 12.1 Å². The summed E-state index contributed by atoms with van der Waals surface area (Å²) in [5.41, 5.74) is -0.396. The Bertz CT molecular complexity index is 434. The Morgan fingerprint density at radius 1 is 1.13 bits per heavy atom. The molecule has 1 amide bonds. The van der Waals surface area contributed by atoms with Gasteiger partial charge in [-0.3, -0.25) is 0 Å². The van der Waals surface area contributed by atoms with Gasteiger partial charge in [-0.1, -0.05) is 0 Å². The van der Waals surface area contributed by atoms with Crippen molar-refractivity contribution >= 4 is 6.09 Å². The summed E-state index contributed by atoms with van der Waals surface area (Å²) in [5.74, 6) is 0. The Kier molecular flexibility index (Phi) is 4.62. The maximum absolute atomic E-state index is 12.6. The first-order chi connectivity index (χ1) is 10.8. The van der Waals surface area contributed by atoms with Gasteiger partial charge in [0.05, 0.1) is 5.54 Å². The van der Waals surface area contributed by atoms with Crippen molar-refractivity contribution in [3.05, 3.63) is 0 Å². The minimum atomic E-state index is -0.415. The van der Waals surface area contributed by atoms with Crippen LogP contribution in [0.2, 0.25) is 0 Å². The van der Waals surface area contributed by atoms with Crippen LogP contribution in [-0.2, 0) is 4.74 Å². The van der Waals surface area contributed by atoms with Crippen molar-refractivity contribution < 1.29 is 9.53 Å². The van der Waals surface area contributed by atoms with Crippen LogP contribution in [0.5, 0.6) is 0 Å². The van der Waals surface area contributed by atoms with Crippen molar-refractivity contribution in [3.63, 3.8) is 0 Å². The summed E-state index contributed by atoms with van der Waals surface area (Å²) in [6.07, 6.45) is 6.85. The first-order valence-electron chi connectivity index (χ1n) is 9.25. The summed E-state index contributed by atoms with van der Waals surface area (Å²) < 4.78 is 5.66. The maximum Gasteiger partial charge on any atom is 0.410 e. The topological polar surface area (TPSA) is 44.8 Å². The standard InChI is InChI=1S/C18H33N3O2/c1-17(2,3)23-16(22)21-13-8-15(18(21)9-5-10-18)19-14-6-11-20(4)12-7-14/h14-15,19H,5-13H2,1-4H3. The normalized spacial score (nSPS) is 28.9. The Hall–Kier alpha value is -0.810. The molecule has 0 aromatic heterocycles. The highest BCUT2D eigenvalue weighted by molar-refractivity contribution is 5.70. The summed E-state index contributed by atoms with van der Waals surface area (Å²) in [5, 5.41) is 3.90. The van der Waals surface area contributed by atoms with Gasteiger partial charge in [0.25, 0.3) is 0 Å². The summed E-state index contributed by atoms with van der Waals surface area (Å²) in [6, 6.07) is 1.05. The Morgan fingerprint density at radius 2 is 1.78 bits per heavy atom. The van der Waals surface area contributed by atoms with Crippen LogP contribution in [0, 0.1) is 0 Å². The van der Waals surface area contributed by atoms with Gasteiger partial charge in [0, 0.05) is 18.6 Å². The van der Waals surface area contributed by atoms with Gasteiger partial charge in [0.2, 0.25) is 0 Å². The number of amides is 1. The molecule has 2 aliphatic heterocycles. The average molecular weight is 323 g/mol. The van der Waals surface area contributed by atoms with E-state index in [2.05, 4.69) is 17.3 Å². The molecule has 2 heterocycles. The fraction of sp³-hybridized carbons (Fsp3) is 0.944. The molecule has 0 radical (unpaired) electrons. The summed E-state index contributed by atoms with van der Waals surface area (Å²) >= 11 is 0. The predicted octanol–water partition coefficient (Wildman–Crippen LogP) is 2.60. The van der Waals surface area contributed by atoms with Crippen molar-refractivity contribution in [3.8, 4) is 0 Å². The number of nitrogens with one attached hydrogen (secondary N) is 1. The summed E-state index contributed by atoms with van der Waals surface area (Å²) in [6.45, 7) is 9.02. The number of carbonyl (C=O) groups is 1. The van der Waals surface area contributed by atoms with Gasteiger partial charge >= 0.3 is 6.09 Å². The van der Waals surface area contributed by atoms with E-state index >= 15 is 0 Å². The number of likely N-dealkylation sites (tertiary alicyclic amines) is 2. The van der Waals surface area contributed by atoms with E-state index in [4.69, 9.17) is 4.74 Å². The summed E-state index contributed by atoms with van der Waals surface area (Å²) in [7, 11) is 2.20. The molecule has 23 heavy (non-hydrogen) atoms. The molecule has 1 N–H and O–H groups in total. The van der Waals surface area contributed by atoms with Gasteiger partial charge in [-0.25, -0.2) is 4.79 Å². The molecule has 1 aliphatic carbocycles. The molecule has 5 heteroatoms. The lowest BCUT2D eigenvalue weighted by Crippen LogP contribution is -2.63. The lowest BCUT2D eigenvalue weighted by atomic mass is 9.71. The minimum Gasteiger partial charge on any atom is -0.444 e. The first kappa shape index (κ1) is 17.0. The number of hydrogen-bond acceptors (Lipinski definition) is 4. The zero-order valence-electron chi connectivity index (χ0n) is 15.2. The molecule has 1 saturated carbocycles. The molecule has 3 fully saturated rings. The molecule has 0 bridgehead atoms. The highest BCUT2D eigenvalue weighted by atomic mass is 16.6. The number of ether oxygens (including phenoxy) is 1. The van der Waals surface area contributed by atoms with E-state index in [1.165, 1.54) is 32.4 Å². The monoisotopic (exact) mass is 323 g/mol. The molecule has 2 saturated heterocycles. The third kappa shape index (κ3) is 3.50. The van der Waals surface area contributed by atoms with Crippen LogP contribution in [0.4, 0.5) is 4.79 Å². The molecular weight excluding hydrogens is 290 g/mol. The lowest BCUT2D eigenvalue weighted by Gasteiger charge is -2.50. The van der Waals surface area contributed by atoms with Crippen molar-refractivity contribution in [1.29, 1.82) is 0 Å². The fourth-order valence-electron chi connectivity index (χ4n) is 4.38. The number of hydrogen-bond donors (Lipinski definition) is 1. The van der Waals surface area contributed by atoms with E-state index in [1.807, 2.05) is 25.7 Å². The molecule has 0 aromatic carbocycles. The molecule has 132 valence electrons. The number of piperidine rings is 1. The van der Waals surface area contributed by atoms with E-state index in [0.717, 1.165) is 25.8 Å². The highest BCUT2D eigenvalue weighted by Gasteiger charge is 2.55. The van der Waals surface area contributed by atoms with Gasteiger partial charge in [-0.05, 0) is 79.4 Å².